The van der Waals surface area contributed by atoms with E-state index in [0.29, 0.717) is 13.2 Å². The third kappa shape index (κ3) is 2.89. The SMILES string of the molecule is CC1(C(N)=O)CN(Cc2ccc3ncccc3c2)CCO1. The van der Waals surface area contributed by atoms with Crippen LogP contribution in [0.4, 0.5) is 0 Å². The first-order valence-corrected chi connectivity index (χ1v) is 7.07. The number of hydrogen-bond donors (Lipinski definition) is 1. The second-order valence-corrected chi connectivity index (χ2v) is 5.68. The quantitative estimate of drug-likeness (QED) is 0.923. The van der Waals surface area contributed by atoms with Gasteiger partial charge in [0, 0.05) is 31.2 Å². The third-order valence-corrected chi connectivity index (χ3v) is 3.95. The zero-order valence-corrected chi connectivity index (χ0v) is 12.1. The van der Waals surface area contributed by atoms with Crippen LogP contribution >= 0.6 is 0 Å². The van der Waals surface area contributed by atoms with Crippen molar-refractivity contribution in [2.24, 2.45) is 5.73 Å². The van der Waals surface area contributed by atoms with Crippen molar-refractivity contribution in [2.45, 2.75) is 19.1 Å². The molecule has 2 aromatic rings. The van der Waals surface area contributed by atoms with Crippen LogP contribution in [0.1, 0.15) is 12.5 Å². The Hall–Kier alpha value is -1.98. The minimum absolute atomic E-state index is 0.407. The minimum atomic E-state index is -0.892. The molecular formula is C16H19N3O2. The smallest absolute Gasteiger partial charge is 0.250 e. The first-order valence-electron chi connectivity index (χ1n) is 7.07. The van der Waals surface area contributed by atoms with Gasteiger partial charge in [-0.1, -0.05) is 12.1 Å². The van der Waals surface area contributed by atoms with Gasteiger partial charge in [-0.15, -0.1) is 0 Å². The zero-order chi connectivity index (χ0) is 14.9. The van der Waals surface area contributed by atoms with E-state index >= 15 is 0 Å². The van der Waals surface area contributed by atoms with E-state index in [-0.39, 0.29) is 0 Å². The molecule has 1 fully saturated rings. The largest absolute Gasteiger partial charge is 0.367 e. The van der Waals surface area contributed by atoms with Gasteiger partial charge < -0.3 is 10.5 Å². The summed E-state index contributed by atoms with van der Waals surface area (Å²) < 4.78 is 5.54. The fourth-order valence-electron chi connectivity index (χ4n) is 2.72. The van der Waals surface area contributed by atoms with Gasteiger partial charge in [-0.3, -0.25) is 14.7 Å². The van der Waals surface area contributed by atoms with Gasteiger partial charge in [0.1, 0.15) is 0 Å². The molecule has 21 heavy (non-hydrogen) atoms. The van der Waals surface area contributed by atoms with E-state index in [1.165, 1.54) is 5.56 Å². The van der Waals surface area contributed by atoms with Gasteiger partial charge in [0.25, 0.3) is 5.91 Å². The Balaban J connectivity index is 1.77. The van der Waals surface area contributed by atoms with E-state index in [0.717, 1.165) is 24.0 Å². The topological polar surface area (TPSA) is 68.5 Å². The van der Waals surface area contributed by atoms with Gasteiger partial charge in [-0.25, -0.2) is 0 Å². The van der Waals surface area contributed by atoms with Crippen molar-refractivity contribution in [1.29, 1.82) is 0 Å². The summed E-state index contributed by atoms with van der Waals surface area (Å²) in [6.45, 7) is 4.37. The van der Waals surface area contributed by atoms with Crippen molar-refractivity contribution in [3.63, 3.8) is 0 Å². The molecule has 0 bridgehead atoms. The monoisotopic (exact) mass is 285 g/mol. The number of ether oxygens (including phenoxy) is 1. The van der Waals surface area contributed by atoms with Gasteiger partial charge in [0.2, 0.25) is 0 Å². The lowest BCUT2D eigenvalue weighted by Crippen LogP contribution is -2.56. The maximum Gasteiger partial charge on any atom is 0.250 e. The number of pyridine rings is 1. The average Bonchev–Trinajstić information content (AvgIpc) is 2.47. The number of nitrogens with two attached hydrogens (primary N) is 1. The van der Waals surface area contributed by atoms with Crippen LogP contribution in [0, 0.1) is 0 Å². The molecule has 1 aromatic heterocycles. The normalized spacial score (nSPS) is 23.3. The molecule has 0 aliphatic carbocycles. The van der Waals surface area contributed by atoms with Crippen LogP contribution in [-0.4, -0.2) is 41.1 Å². The number of aromatic nitrogens is 1. The summed E-state index contributed by atoms with van der Waals surface area (Å²) in [5, 5.41) is 1.13. The third-order valence-electron chi connectivity index (χ3n) is 3.95. The van der Waals surface area contributed by atoms with Crippen LogP contribution in [0.3, 0.4) is 0 Å². The molecule has 2 N–H and O–H groups in total. The van der Waals surface area contributed by atoms with E-state index in [4.69, 9.17) is 10.5 Å². The lowest BCUT2D eigenvalue weighted by atomic mass is 10.0. The minimum Gasteiger partial charge on any atom is -0.367 e. The summed E-state index contributed by atoms with van der Waals surface area (Å²) in [7, 11) is 0. The van der Waals surface area contributed by atoms with E-state index in [2.05, 4.69) is 28.1 Å². The van der Waals surface area contributed by atoms with Crippen molar-refractivity contribution in [3.05, 3.63) is 42.1 Å². The molecule has 1 aliphatic rings. The van der Waals surface area contributed by atoms with E-state index in [1.807, 2.05) is 12.1 Å². The molecular weight excluding hydrogens is 266 g/mol. The van der Waals surface area contributed by atoms with E-state index in [1.54, 1.807) is 13.1 Å². The molecule has 2 heterocycles. The van der Waals surface area contributed by atoms with Crippen molar-refractivity contribution in [1.82, 2.24) is 9.88 Å². The Labute approximate surface area is 123 Å². The highest BCUT2D eigenvalue weighted by Crippen LogP contribution is 2.20. The summed E-state index contributed by atoms with van der Waals surface area (Å²) in [5.74, 6) is -0.407. The van der Waals surface area contributed by atoms with Crippen LogP contribution in [0.2, 0.25) is 0 Å². The van der Waals surface area contributed by atoms with Crippen LogP contribution in [0.15, 0.2) is 36.5 Å². The van der Waals surface area contributed by atoms with Crippen LogP contribution in [-0.2, 0) is 16.1 Å². The molecule has 0 spiro atoms. The first-order chi connectivity index (χ1) is 10.1. The predicted octanol–water partition coefficient (Wildman–Crippen LogP) is 1.31. The van der Waals surface area contributed by atoms with Crippen molar-refractivity contribution in [2.75, 3.05) is 19.7 Å². The lowest BCUT2D eigenvalue weighted by molar-refractivity contribution is -0.153. The number of hydrogen-bond acceptors (Lipinski definition) is 4. The summed E-state index contributed by atoms with van der Waals surface area (Å²) in [6, 6.07) is 10.2. The molecule has 0 radical (unpaired) electrons. The average molecular weight is 285 g/mol. The van der Waals surface area contributed by atoms with Gasteiger partial charge >= 0.3 is 0 Å². The van der Waals surface area contributed by atoms with Crippen molar-refractivity contribution in [3.8, 4) is 0 Å². The molecule has 110 valence electrons. The fraction of sp³-hybridized carbons (Fsp3) is 0.375. The van der Waals surface area contributed by atoms with Crippen LogP contribution in [0.5, 0.6) is 0 Å². The summed E-state index contributed by atoms with van der Waals surface area (Å²) in [5.41, 5.74) is 6.73. The molecule has 1 unspecified atom stereocenters. The standard InChI is InChI=1S/C16H19N3O2/c1-16(15(17)20)11-19(7-8-21-16)10-12-4-5-14-13(9-12)3-2-6-18-14/h2-6,9H,7-8,10-11H2,1H3,(H2,17,20). The zero-order valence-electron chi connectivity index (χ0n) is 12.1. The predicted molar refractivity (Wildman–Crippen MR) is 80.6 cm³/mol. The van der Waals surface area contributed by atoms with Gasteiger partial charge in [0.15, 0.2) is 5.60 Å². The molecule has 5 nitrogen and oxygen atoms in total. The Morgan fingerprint density at radius 1 is 1.48 bits per heavy atom. The highest BCUT2D eigenvalue weighted by Gasteiger charge is 2.37. The second kappa shape index (κ2) is 5.42. The number of primary amides is 1. The number of morpholine rings is 1. The molecule has 1 atom stereocenters. The lowest BCUT2D eigenvalue weighted by Gasteiger charge is -2.38. The maximum absolute atomic E-state index is 11.5. The first kappa shape index (κ1) is 14.0. The number of nitrogens with zero attached hydrogens (tertiary/aromatic N) is 2. The number of benzene rings is 1. The van der Waals surface area contributed by atoms with E-state index < -0.39 is 11.5 Å². The number of carbonyl (C=O) groups excluding carboxylic acids is 1. The summed E-state index contributed by atoms with van der Waals surface area (Å²) in [6.07, 6.45) is 1.79. The Bertz CT molecular complexity index is 673. The summed E-state index contributed by atoms with van der Waals surface area (Å²) >= 11 is 0. The van der Waals surface area contributed by atoms with Gasteiger partial charge in [0.05, 0.1) is 12.1 Å². The van der Waals surface area contributed by atoms with Gasteiger partial charge in [-0.2, -0.15) is 0 Å². The molecule has 1 aromatic carbocycles. The van der Waals surface area contributed by atoms with Crippen molar-refractivity contribution >= 4 is 16.8 Å². The molecule has 3 rings (SSSR count). The van der Waals surface area contributed by atoms with Gasteiger partial charge in [-0.05, 0) is 30.7 Å². The Morgan fingerprint density at radius 2 is 2.33 bits per heavy atom. The Morgan fingerprint density at radius 3 is 3.14 bits per heavy atom. The molecule has 1 saturated heterocycles. The number of fused-ring (bicyclic) bond motifs is 1. The summed E-state index contributed by atoms with van der Waals surface area (Å²) in [4.78, 5) is 18.0. The number of rotatable bonds is 3. The fourth-order valence-corrected chi connectivity index (χ4v) is 2.72. The highest BCUT2D eigenvalue weighted by molar-refractivity contribution is 5.83. The molecule has 1 amide bonds. The molecule has 1 aliphatic heterocycles. The maximum atomic E-state index is 11.5. The molecule has 0 saturated carbocycles. The van der Waals surface area contributed by atoms with E-state index in [9.17, 15) is 4.79 Å². The van der Waals surface area contributed by atoms with Crippen molar-refractivity contribution < 1.29 is 9.53 Å². The Kier molecular flexibility index (Phi) is 3.61. The molecule has 5 heteroatoms. The van der Waals surface area contributed by atoms with Crippen LogP contribution < -0.4 is 5.73 Å². The number of amides is 1. The highest BCUT2D eigenvalue weighted by atomic mass is 16.5. The van der Waals surface area contributed by atoms with Crippen LogP contribution in [0.25, 0.3) is 10.9 Å². The number of carbonyl (C=O) groups is 1. The second-order valence-electron chi connectivity index (χ2n) is 5.68.